The summed E-state index contributed by atoms with van der Waals surface area (Å²) in [5, 5.41) is 0. The Bertz CT molecular complexity index is 780. The van der Waals surface area contributed by atoms with Gasteiger partial charge in [-0.25, -0.2) is 18.1 Å². The number of thioether (sulfide) groups is 1. The molecule has 1 aromatic rings. The highest BCUT2D eigenvalue weighted by Gasteiger charge is 2.32. The van der Waals surface area contributed by atoms with E-state index in [1.807, 2.05) is 6.26 Å². The molecule has 12 heteroatoms. The van der Waals surface area contributed by atoms with Crippen LogP contribution in [0.2, 0.25) is 0 Å². The van der Waals surface area contributed by atoms with Gasteiger partial charge in [0.2, 0.25) is 15.9 Å². The number of hydrogen-bond donors (Lipinski definition) is 1. The summed E-state index contributed by atoms with van der Waals surface area (Å²) in [6.45, 7) is 2.99. The highest BCUT2D eigenvalue weighted by molar-refractivity contribution is 7.98. The summed E-state index contributed by atoms with van der Waals surface area (Å²) >= 11 is 1.53. The number of sulfonamides is 1. The normalized spacial score (nSPS) is 16.7. The van der Waals surface area contributed by atoms with E-state index in [9.17, 15) is 26.4 Å². The van der Waals surface area contributed by atoms with Crippen molar-refractivity contribution < 1.29 is 26.4 Å². The first kappa shape index (κ1) is 23.7. The Hall–Kier alpha value is -1.53. The number of carbonyl (C=O) groups is 1. The molecule has 0 saturated carbocycles. The van der Waals surface area contributed by atoms with Gasteiger partial charge in [-0.3, -0.25) is 4.79 Å². The van der Waals surface area contributed by atoms with Crippen molar-refractivity contribution in [3.8, 4) is 0 Å². The first-order valence-corrected chi connectivity index (χ1v) is 12.2. The minimum Gasteiger partial charge on any atom is -0.353 e. The van der Waals surface area contributed by atoms with Crippen LogP contribution >= 0.6 is 11.8 Å². The van der Waals surface area contributed by atoms with Gasteiger partial charge in [0.05, 0.1) is 11.3 Å². The van der Waals surface area contributed by atoms with Crippen molar-refractivity contribution in [1.82, 2.24) is 14.6 Å². The van der Waals surface area contributed by atoms with Crippen molar-refractivity contribution in [3.63, 3.8) is 0 Å². The monoisotopic (exact) mass is 454 g/mol. The van der Waals surface area contributed by atoms with Gasteiger partial charge in [-0.05, 0) is 37.5 Å². The Labute approximate surface area is 173 Å². The number of hydrogen-bond acceptors (Lipinski definition) is 6. The molecule has 2 heterocycles. The number of alkyl halides is 3. The molecule has 1 unspecified atom stereocenters. The van der Waals surface area contributed by atoms with E-state index in [1.54, 1.807) is 9.80 Å². The number of rotatable bonds is 8. The average Bonchev–Trinajstić information content (AvgIpc) is 2.70. The van der Waals surface area contributed by atoms with Gasteiger partial charge in [-0.2, -0.15) is 24.9 Å². The lowest BCUT2D eigenvalue weighted by molar-refractivity contribution is -0.138. The highest BCUT2D eigenvalue weighted by Crippen LogP contribution is 2.29. The fraction of sp³-hybridized carbons (Fsp3) is 0.647. The molecular weight excluding hydrogens is 429 g/mol. The van der Waals surface area contributed by atoms with Crippen LogP contribution in [0.1, 0.15) is 18.9 Å². The van der Waals surface area contributed by atoms with E-state index in [2.05, 4.69) is 9.71 Å². The standard InChI is InChI=1S/C17H25F3N4O3S2/c1-3-29(26,27)22-14(6-11-28-2)16(25)24-9-7-23(8-10-24)15-5-4-13(12-21-15)17(18,19)20/h4-5,12,14,22H,3,6-11H2,1-2H3. The van der Waals surface area contributed by atoms with Gasteiger partial charge in [-0.1, -0.05) is 0 Å². The molecule has 1 aromatic heterocycles. The fourth-order valence-electron chi connectivity index (χ4n) is 2.89. The number of nitrogens with zero attached hydrogens (tertiary/aromatic N) is 3. The third-order valence-electron chi connectivity index (χ3n) is 4.60. The molecule has 1 aliphatic heterocycles. The zero-order valence-corrected chi connectivity index (χ0v) is 17.9. The molecule has 1 aliphatic rings. The van der Waals surface area contributed by atoms with Crippen molar-refractivity contribution in [1.29, 1.82) is 0 Å². The Balaban J connectivity index is 1.99. The Morgan fingerprint density at radius 3 is 2.41 bits per heavy atom. The largest absolute Gasteiger partial charge is 0.417 e. The maximum Gasteiger partial charge on any atom is 0.417 e. The van der Waals surface area contributed by atoms with Crippen LogP contribution in [-0.2, 0) is 21.0 Å². The van der Waals surface area contributed by atoms with Gasteiger partial charge in [0.15, 0.2) is 0 Å². The van der Waals surface area contributed by atoms with Crippen LogP contribution in [0.4, 0.5) is 19.0 Å². The molecule has 0 aliphatic carbocycles. The molecule has 2 rings (SSSR count). The fourth-order valence-corrected chi connectivity index (χ4v) is 4.18. The van der Waals surface area contributed by atoms with Crippen LogP contribution in [0.3, 0.4) is 0 Å². The molecule has 29 heavy (non-hydrogen) atoms. The molecular formula is C17H25F3N4O3S2. The molecule has 1 N–H and O–H groups in total. The van der Waals surface area contributed by atoms with Crippen LogP contribution in [0.5, 0.6) is 0 Å². The number of halogens is 3. The lowest BCUT2D eigenvalue weighted by atomic mass is 10.2. The minimum absolute atomic E-state index is 0.108. The molecule has 1 atom stereocenters. The van der Waals surface area contributed by atoms with Gasteiger partial charge in [0.25, 0.3) is 0 Å². The summed E-state index contributed by atoms with van der Waals surface area (Å²) < 4.78 is 64.3. The van der Waals surface area contributed by atoms with E-state index in [4.69, 9.17) is 0 Å². The van der Waals surface area contributed by atoms with Gasteiger partial charge in [0, 0.05) is 32.4 Å². The third kappa shape index (κ3) is 6.75. The van der Waals surface area contributed by atoms with E-state index < -0.39 is 27.8 Å². The highest BCUT2D eigenvalue weighted by atomic mass is 32.2. The molecule has 0 aromatic carbocycles. The summed E-state index contributed by atoms with van der Waals surface area (Å²) in [7, 11) is -3.52. The lowest BCUT2D eigenvalue weighted by Crippen LogP contribution is -2.55. The van der Waals surface area contributed by atoms with Gasteiger partial charge >= 0.3 is 6.18 Å². The van der Waals surface area contributed by atoms with E-state index >= 15 is 0 Å². The quantitative estimate of drug-likeness (QED) is 0.645. The molecule has 164 valence electrons. The van der Waals surface area contributed by atoms with Crippen molar-refractivity contribution >= 4 is 33.5 Å². The maximum absolute atomic E-state index is 12.8. The van der Waals surface area contributed by atoms with Crippen LogP contribution < -0.4 is 9.62 Å². The van der Waals surface area contributed by atoms with Crippen molar-refractivity contribution in [2.24, 2.45) is 0 Å². The van der Waals surface area contributed by atoms with Gasteiger partial charge in [-0.15, -0.1) is 0 Å². The van der Waals surface area contributed by atoms with Crippen molar-refractivity contribution in [2.45, 2.75) is 25.6 Å². The van der Waals surface area contributed by atoms with E-state index in [0.29, 0.717) is 44.2 Å². The molecule has 0 bridgehead atoms. The Morgan fingerprint density at radius 2 is 1.93 bits per heavy atom. The molecule has 1 amide bonds. The predicted octanol–water partition coefficient (Wildman–Crippen LogP) is 1.81. The molecule has 0 spiro atoms. The summed E-state index contributed by atoms with van der Waals surface area (Å²) in [5.41, 5.74) is -0.810. The first-order chi connectivity index (χ1) is 13.6. The van der Waals surface area contributed by atoms with Crippen LogP contribution in [-0.4, -0.2) is 74.2 Å². The summed E-state index contributed by atoms with van der Waals surface area (Å²) in [5.74, 6) is 0.661. The number of anilines is 1. The van der Waals surface area contributed by atoms with Crippen LogP contribution in [0, 0.1) is 0 Å². The second kappa shape index (κ2) is 9.98. The van der Waals surface area contributed by atoms with Crippen LogP contribution in [0.15, 0.2) is 18.3 Å². The number of piperazine rings is 1. The second-order valence-corrected chi connectivity index (χ2v) is 9.60. The molecule has 1 fully saturated rings. The van der Waals surface area contributed by atoms with Crippen LogP contribution in [0.25, 0.3) is 0 Å². The molecule has 1 saturated heterocycles. The second-order valence-electron chi connectivity index (χ2n) is 6.57. The van der Waals surface area contributed by atoms with E-state index in [1.165, 1.54) is 24.8 Å². The Kier molecular flexibility index (Phi) is 8.18. The van der Waals surface area contributed by atoms with Gasteiger partial charge in [0.1, 0.15) is 11.9 Å². The first-order valence-electron chi connectivity index (χ1n) is 9.13. The summed E-state index contributed by atoms with van der Waals surface area (Å²) in [6.07, 6.45) is -1.37. The smallest absolute Gasteiger partial charge is 0.353 e. The summed E-state index contributed by atoms with van der Waals surface area (Å²) in [6, 6.07) is 1.48. The Morgan fingerprint density at radius 1 is 1.28 bits per heavy atom. The number of carbonyl (C=O) groups excluding carboxylic acids is 1. The summed E-state index contributed by atoms with van der Waals surface area (Å²) in [4.78, 5) is 20.1. The zero-order chi connectivity index (χ0) is 21.7. The maximum atomic E-state index is 12.8. The van der Waals surface area contributed by atoms with E-state index in [0.717, 1.165) is 12.3 Å². The number of aromatic nitrogens is 1. The van der Waals surface area contributed by atoms with Gasteiger partial charge < -0.3 is 9.80 Å². The molecule has 0 radical (unpaired) electrons. The van der Waals surface area contributed by atoms with E-state index in [-0.39, 0.29) is 11.7 Å². The topological polar surface area (TPSA) is 82.6 Å². The number of amides is 1. The third-order valence-corrected chi connectivity index (χ3v) is 6.65. The SMILES string of the molecule is CCS(=O)(=O)NC(CCSC)C(=O)N1CCN(c2ccc(C(F)(F)F)cn2)CC1. The minimum atomic E-state index is -4.44. The molecule has 7 nitrogen and oxygen atoms in total. The van der Waals surface area contributed by atoms with Crippen molar-refractivity contribution in [2.75, 3.05) is 48.8 Å². The van der Waals surface area contributed by atoms with Crippen molar-refractivity contribution in [3.05, 3.63) is 23.9 Å². The number of nitrogens with one attached hydrogen (secondary N) is 1. The lowest BCUT2D eigenvalue weighted by Gasteiger charge is -2.37. The zero-order valence-electron chi connectivity index (χ0n) is 16.3. The predicted molar refractivity (Wildman–Crippen MR) is 107 cm³/mol. The average molecular weight is 455 g/mol. The number of pyridine rings is 1.